The number of hydrogen-bond acceptors (Lipinski definition) is 6. The number of benzene rings is 3. The Bertz CT molecular complexity index is 1450. The molecule has 0 unspecified atom stereocenters. The Morgan fingerprint density at radius 3 is 2.12 bits per heavy atom. The van der Waals surface area contributed by atoms with Gasteiger partial charge in [0.25, 0.3) is 10.0 Å². The van der Waals surface area contributed by atoms with Gasteiger partial charge in [-0.15, -0.1) is 0 Å². The second-order valence-electron chi connectivity index (χ2n) is 9.75. The van der Waals surface area contributed by atoms with E-state index in [2.05, 4.69) is 5.32 Å². The van der Waals surface area contributed by atoms with Crippen molar-refractivity contribution in [3.8, 4) is 11.5 Å². The first-order chi connectivity index (χ1) is 20.0. The Morgan fingerprint density at radius 1 is 0.905 bits per heavy atom. The van der Waals surface area contributed by atoms with Gasteiger partial charge in [0.1, 0.15) is 12.6 Å². The maximum atomic E-state index is 14.1. The van der Waals surface area contributed by atoms with Crippen molar-refractivity contribution in [1.29, 1.82) is 0 Å². The number of methoxy groups -OCH3 is 2. The molecule has 2 atom stereocenters. The minimum absolute atomic E-state index is 0.0809. The quantitative estimate of drug-likeness (QED) is 0.265. The minimum atomic E-state index is -4.26. The normalized spacial score (nSPS) is 12.6. The van der Waals surface area contributed by atoms with E-state index in [0.717, 1.165) is 16.3 Å². The number of anilines is 1. The van der Waals surface area contributed by atoms with Crippen LogP contribution in [0.2, 0.25) is 5.02 Å². The van der Waals surface area contributed by atoms with Gasteiger partial charge in [0, 0.05) is 23.7 Å². The fourth-order valence-electron chi connectivity index (χ4n) is 4.37. The monoisotopic (exact) mass is 615 g/mol. The number of carbonyl (C=O) groups excluding carboxylic acids is 2. The lowest BCUT2D eigenvalue weighted by molar-refractivity contribution is -0.140. The van der Waals surface area contributed by atoms with Crippen LogP contribution in [0.4, 0.5) is 5.69 Å². The minimum Gasteiger partial charge on any atom is -0.493 e. The van der Waals surface area contributed by atoms with E-state index in [0.29, 0.717) is 22.9 Å². The zero-order chi connectivity index (χ0) is 30.9. The summed E-state index contributed by atoms with van der Waals surface area (Å²) >= 11 is 6.08. The Kier molecular flexibility index (Phi) is 11.6. The van der Waals surface area contributed by atoms with E-state index in [4.69, 9.17) is 21.1 Å². The molecular weight excluding hydrogens is 578 g/mol. The van der Waals surface area contributed by atoms with E-state index < -0.39 is 28.5 Å². The Morgan fingerprint density at radius 2 is 1.55 bits per heavy atom. The molecule has 0 aromatic heterocycles. The molecule has 0 heterocycles. The standard InChI is InChI=1S/C31H38ClN3O6S/c1-6-22(3)33-31(37)27(7-2)34(20-23-13-15-24(32)16-14-23)30(36)21-35(25-11-9-8-10-12-25)42(38,39)26-17-18-28(40-4)29(19-26)41-5/h8-19,22,27H,6-7,20-21H2,1-5H3,(H,33,37)/t22-,27-/m1/s1. The molecule has 0 saturated carbocycles. The molecule has 1 N–H and O–H groups in total. The molecule has 0 aliphatic carbocycles. The van der Waals surface area contributed by atoms with Crippen LogP contribution >= 0.6 is 11.6 Å². The van der Waals surface area contributed by atoms with Crippen LogP contribution < -0.4 is 19.1 Å². The van der Waals surface area contributed by atoms with E-state index in [9.17, 15) is 18.0 Å². The molecule has 226 valence electrons. The van der Waals surface area contributed by atoms with Gasteiger partial charge in [-0.25, -0.2) is 8.42 Å². The molecular formula is C31H38ClN3O6S. The summed E-state index contributed by atoms with van der Waals surface area (Å²) < 4.78 is 39.8. The summed E-state index contributed by atoms with van der Waals surface area (Å²) in [4.78, 5) is 28.8. The lowest BCUT2D eigenvalue weighted by atomic mass is 10.1. The number of nitrogens with zero attached hydrogens (tertiary/aromatic N) is 2. The molecule has 3 aromatic rings. The average Bonchev–Trinajstić information content (AvgIpc) is 3.00. The van der Waals surface area contributed by atoms with Crippen molar-refractivity contribution >= 4 is 39.1 Å². The van der Waals surface area contributed by atoms with Crippen LogP contribution in [-0.2, 0) is 26.2 Å². The zero-order valence-corrected chi connectivity index (χ0v) is 26.1. The highest BCUT2D eigenvalue weighted by Gasteiger charge is 2.34. The lowest BCUT2D eigenvalue weighted by Gasteiger charge is -2.33. The van der Waals surface area contributed by atoms with Gasteiger partial charge in [-0.2, -0.15) is 0 Å². The molecule has 42 heavy (non-hydrogen) atoms. The molecule has 0 bridgehead atoms. The summed E-state index contributed by atoms with van der Waals surface area (Å²) in [5.74, 6) is -0.242. The average molecular weight is 616 g/mol. The smallest absolute Gasteiger partial charge is 0.264 e. The molecule has 9 nitrogen and oxygen atoms in total. The maximum Gasteiger partial charge on any atom is 0.264 e. The third kappa shape index (κ3) is 7.95. The number of sulfonamides is 1. The maximum absolute atomic E-state index is 14.1. The first kappa shape index (κ1) is 32.8. The van der Waals surface area contributed by atoms with Crippen molar-refractivity contribution < 1.29 is 27.5 Å². The highest BCUT2D eigenvalue weighted by molar-refractivity contribution is 7.92. The number of nitrogens with one attached hydrogen (secondary N) is 1. The number of rotatable bonds is 14. The molecule has 0 fully saturated rings. The van der Waals surface area contributed by atoms with E-state index in [-0.39, 0.29) is 29.1 Å². The van der Waals surface area contributed by atoms with Gasteiger partial charge in [0.05, 0.1) is 24.8 Å². The van der Waals surface area contributed by atoms with Crippen molar-refractivity contribution in [2.45, 2.75) is 57.1 Å². The number of amides is 2. The first-order valence-corrected chi connectivity index (χ1v) is 15.5. The number of halogens is 1. The van der Waals surface area contributed by atoms with Crippen LogP contribution in [0.25, 0.3) is 0 Å². The Hall–Kier alpha value is -3.76. The van der Waals surface area contributed by atoms with Crippen LogP contribution in [0.15, 0.2) is 77.7 Å². The second-order valence-corrected chi connectivity index (χ2v) is 12.1. The molecule has 3 rings (SSSR count). The van der Waals surface area contributed by atoms with Crippen molar-refractivity contribution in [3.63, 3.8) is 0 Å². The van der Waals surface area contributed by atoms with Gasteiger partial charge in [-0.1, -0.05) is 55.8 Å². The van der Waals surface area contributed by atoms with Gasteiger partial charge in [0.15, 0.2) is 11.5 Å². The predicted octanol–water partition coefficient (Wildman–Crippen LogP) is 5.27. The van der Waals surface area contributed by atoms with E-state index >= 15 is 0 Å². The van der Waals surface area contributed by atoms with Crippen molar-refractivity contribution in [2.75, 3.05) is 25.1 Å². The number of ether oxygens (including phenoxy) is 2. The highest BCUT2D eigenvalue weighted by Crippen LogP contribution is 2.32. The summed E-state index contributed by atoms with van der Waals surface area (Å²) in [6, 6.07) is 18.7. The highest BCUT2D eigenvalue weighted by atomic mass is 35.5. The third-order valence-electron chi connectivity index (χ3n) is 6.92. The van der Waals surface area contributed by atoms with Gasteiger partial charge >= 0.3 is 0 Å². The number of carbonyl (C=O) groups is 2. The molecule has 11 heteroatoms. The SMILES string of the molecule is CC[C@@H](C)NC(=O)[C@@H](CC)N(Cc1ccc(Cl)cc1)C(=O)CN(c1ccccc1)S(=O)(=O)c1ccc(OC)c(OC)c1. The Labute approximate surface area is 253 Å². The summed E-state index contributed by atoms with van der Waals surface area (Å²) in [6.07, 6.45) is 1.05. The van der Waals surface area contributed by atoms with E-state index in [1.54, 1.807) is 54.6 Å². The van der Waals surface area contributed by atoms with Crippen molar-refractivity contribution in [1.82, 2.24) is 10.2 Å². The summed E-state index contributed by atoms with van der Waals surface area (Å²) in [5, 5.41) is 3.50. The van der Waals surface area contributed by atoms with Crippen LogP contribution in [-0.4, -0.2) is 58.0 Å². The summed E-state index contributed by atoms with van der Waals surface area (Å²) in [5.41, 5.74) is 1.04. The van der Waals surface area contributed by atoms with Crippen LogP contribution in [0.3, 0.4) is 0 Å². The Balaban J connectivity index is 2.06. The zero-order valence-electron chi connectivity index (χ0n) is 24.5. The van der Waals surface area contributed by atoms with E-state index in [1.807, 2.05) is 20.8 Å². The number of para-hydroxylation sites is 1. The van der Waals surface area contributed by atoms with Gasteiger partial charge in [-0.3, -0.25) is 13.9 Å². The molecule has 0 radical (unpaired) electrons. The fraction of sp³-hybridized carbons (Fsp3) is 0.355. The molecule has 0 spiro atoms. The fourth-order valence-corrected chi connectivity index (χ4v) is 5.93. The van der Waals surface area contributed by atoms with Gasteiger partial charge in [0.2, 0.25) is 11.8 Å². The van der Waals surface area contributed by atoms with Gasteiger partial charge in [-0.05, 0) is 61.7 Å². The second kappa shape index (κ2) is 14.9. The van der Waals surface area contributed by atoms with Crippen molar-refractivity contribution in [2.24, 2.45) is 0 Å². The summed E-state index contributed by atoms with van der Waals surface area (Å²) in [6.45, 7) is 5.21. The van der Waals surface area contributed by atoms with Crippen molar-refractivity contribution in [3.05, 3.63) is 83.4 Å². The molecule has 0 saturated heterocycles. The largest absolute Gasteiger partial charge is 0.493 e. The molecule has 0 aliphatic rings. The van der Waals surface area contributed by atoms with Crippen LogP contribution in [0.5, 0.6) is 11.5 Å². The topological polar surface area (TPSA) is 105 Å². The summed E-state index contributed by atoms with van der Waals surface area (Å²) in [7, 11) is -1.39. The predicted molar refractivity (Wildman–Crippen MR) is 164 cm³/mol. The third-order valence-corrected chi connectivity index (χ3v) is 8.94. The van der Waals surface area contributed by atoms with Crippen LogP contribution in [0.1, 0.15) is 39.2 Å². The molecule has 3 aromatic carbocycles. The number of hydrogen-bond donors (Lipinski definition) is 1. The molecule has 0 aliphatic heterocycles. The first-order valence-electron chi connectivity index (χ1n) is 13.7. The van der Waals surface area contributed by atoms with E-state index in [1.165, 1.54) is 37.3 Å². The van der Waals surface area contributed by atoms with Gasteiger partial charge < -0.3 is 19.7 Å². The molecule has 2 amide bonds. The van der Waals surface area contributed by atoms with Crippen LogP contribution in [0, 0.1) is 0 Å². The lowest BCUT2D eigenvalue weighted by Crippen LogP contribution is -2.53.